The molecule has 4 nitrogen and oxygen atoms in total. The zero-order valence-electron chi connectivity index (χ0n) is 12.7. The van der Waals surface area contributed by atoms with Crippen LogP contribution in [0.5, 0.6) is 11.5 Å². The number of benzene rings is 2. The van der Waals surface area contributed by atoms with Gasteiger partial charge in [-0.2, -0.15) is 0 Å². The molecule has 114 valence electrons. The van der Waals surface area contributed by atoms with Gasteiger partial charge in [-0.15, -0.1) is 0 Å². The van der Waals surface area contributed by atoms with E-state index in [0.717, 1.165) is 27.8 Å². The Labute approximate surface area is 124 Å². The summed E-state index contributed by atoms with van der Waals surface area (Å²) < 4.78 is 11.2. The zero-order valence-corrected chi connectivity index (χ0v) is 12.7. The summed E-state index contributed by atoms with van der Waals surface area (Å²) in [7, 11) is 0. The molecule has 2 N–H and O–H groups in total. The van der Waals surface area contributed by atoms with Crippen LogP contribution in [0.4, 0.5) is 0 Å². The summed E-state index contributed by atoms with van der Waals surface area (Å²) in [6.45, 7) is 5.90. The molecule has 0 bridgehead atoms. The topological polar surface area (TPSA) is 58.9 Å². The number of hydrogen-bond acceptors (Lipinski definition) is 4. The van der Waals surface area contributed by atoms with Gasteiger partial charge in [0, 0.05) is 0 Å². The van der Waals surface area contributed by atoms with E-state index in [1.807, 2.05) is 37.3 Å². The minimum Gasteiger partial charge on any atom is -0.491 e. The molecule has 0 fully saturated rings. The molecule has 2 atom stereocenters. The molecule has 2 aromatic carbocycles. The van der Waals surface area contributed by atoms with Crippen molar-refractivity contribution in [2.75, 3.05) is 13.2 Å². The molecule has 0 heterocycles. The Morgan fingerprint density at radius 3 is 2.24 bits per heavy atom. The second-order valence-corrected chi connectivity index (χ2v) is 5.39. The van der Waals surface area contributed by atoms with Crippen LogP contribution < -0.4 is 9.47 Å². The molecular formula is C17H22O4. The first kappa shape index (κ1) is 15.6. The standard InChI is InChI=1S/C17H22O4/c1-11(18)9-20-15-6-4-14-5-7-17(21-10-12(2)19)13(3)16(14)8-15/h4-8,11-12,18-19H,9-10H2,1-3H3. The van der Waals surface area contributed by atoms with Crippen molar-refractivity contribution in [2.24, 2.45) is 0 Å². The van der Waals surface area contributed by atoms with E-state index < -0.39 is 12.2 Å². The normalized spacial score (nSPS) is 14.0. The van der Waals surface area contributed by atoms with E-state index in [-0.39, 0.29) is 13.2 Å². The lowest BCUT2D eigenvalue weighted by atomic mass is 10.0. The third kappa shape index (κ3) is 4.09. The largest absolute Gasteiger partial charge is 0.491 e. The number of fused-ring (bicyclic) bond motifs is 1. The van der Waals surface area contributed by atoms with Crippen molar-refractivity contribution in [2.45, 2.75) is 33.0 Å². The zero-order chi connectivity index (χ0) is 15.4. The molecule has 2 aromatic rings. The average Bonchev–Trinajstić information content (AvgIpc) is 2.44. The number of aryl methyl sites for hydroxylation is 1. The monoisotopic (exact) mass is 290 g/mol. The Hall–Kier alpha value is -1.78. The van der Waals surface area contributed by atoms with E-state index in [1.165, 1.54) is 0 Å². The second kappa shape index (κ2) is 6.78. The molecule has 0 spiro atoms. The molecule has 0 saturated heterocycles. The predicted octanol–water partition coefficient (Wildman–Crippen LogP) is 2.67. The number of rotatable bonds is 6. The molecule has 2 rings (SSSR count). The summed E-state index contributed by atoms with van der Waals surface area (Å²) in [4.78, 5) is 0. The van der Waals surface area contributed by atoms with Crippen LogP contribution in [0.2, 0.25) is 0 Å². The van der Waals surface area contributed by atoms with Crippen molar-refractivity contribution in [1.29, 1.82) is 0 Å². The highest BCUT2D eigenvalue weighted by Gasteiger charge is 2.08. The number of hydrogen-bond donors (Lipinski definition) is 2. The summed E-state index contributed by atoms with van der Waals surface area (Å²) in [6.07, 6.45) is -0.997. The first-order chi connectivity index (χ1) is 9.97. The van der Waals surface area contributed by atoms with Gasteiger partial charge >= 0.3 is 0 Å². The van der Waals surface area contributed by atoms with Gasteiger partial charge in [0.15, 0.2) is 0 Å². The first-order valence-electron chi connectivity index (χ1n) is 7.12. The van der Waals surface area contributed by atoms with Gasteiger partial charge in [-0.05, 0) is 55.3 Å². The second-order valence-electron chi connectivity index (χ2n) is 5.39. The van der Waals surface area contributed by atoms with Crippen LogP contribution >= 0.6 is 0 Å². The third-order valence-corrected chi connectivity index (χ3v) is 3.18. The van der Waals surface area contributed by atoms with Gasteiger partial charge in [-0.1, -0.05) is 12.1 Å². The van der Waals surface area contributed by atoms with Gasteiger partial charge in [0.25, 0.3) is 0 Å². The predicted molar refractivity (Wildman–Crippen MR) is 83.0 cm³/mol. The van der Waals surface area contributed by atoms with Gasteiger partial charge in [0.2, 0.25) is 0 Å². The van der Waals surface area contributed by atoms with Crippen LogP contribution in [0, 0.1) is 6.92 Å². The molecule has 0 radical (unpaired) electrons. The van der Waals surface area contributed by atoms with E-state index in [2.05, 4.69) is 0 Å². The molecule has 4 heteroatoms. The highest BCUT2D eigenvalue weighted by Crippen LogP contribution is 2.30. The van der Waals surface area contributed by atoms with Crippen molar-refractivity contribution in [3.05, 3.63) is 35.9 Å². The smallest absolute Gasteiger partial charge is 0.122 e. The maximum Gasteiger partial charge on any atom is 0.122 e. The lowest BCUT2D eigenvalue weighted by Gasteiger charge is -2.14. The van der Waals surface area contributed by atoms with Crippen molar-refractivity contribution in [3.8, 4) is 11.5 Å². The fraction of sp³-hybridized carbons (Fsp3) is 0.412. The van der Waals surface area contributed by atoms with Gasteiger partial charge in [-0.3, -0.25) is 0 Å². The maximum absolute atomic E-state index is 9.32. The van der Waals surface area contributed by atoms with Gasteiger partial charge in [0.05, 0.1) is 12.2 Å². The molecule has 0 saturated carbocycles. The van der Waals surface area contributed by atoms with Gasteiger partial charge < -0.3 is 19.7 Å². The van der Waals surface area contributed by atoms with Crippen LogP contribution in [0.1, 0.15) is 19.4 Å². The minimum absolute atomic E-state index is 0.267. The Kier molecular flexibility index (Phi) is 5.04. The number of aliphatic hydroxyl groups excluding tert-OH is 2. The molecule has 21 heavy (non-hydrogen) atoms. The van der Waals surface area contributed by atoms with Crippen molar-refractivity contribution >= 4 is 10.8 Å². The highest BCUT2D eigenvalue weighted by atomic mass is 16.5. The van der Waals surface area contributed by atoms with Crippen molar-refractivity contribution in [1.82, 2.24) is 0 Å². The quantitative estimate of drug-likeness (QED) is 0.858. The van der Waals surface area contributed by atoms with E-state index in [1.54, 1.807) is 13.8 Å². The lowest BCUT2D eigenvalue weighted by molar-refractivity contribution is 0.122. The lowest BCUT2D eigenvalue weighted by Crippen LogP contribution is -2.13. The molecule has 0 aliphatic heterocycles. The van der Waals surface area contributed by atoms with Crippen LogP contribution in [0.15, 0.2) is 30.3 Å². The summed E-state index contributed by atoms with van der Waals surface area (Å²) in [5.74, 6) is 1.48. The number of ether oxygens (including phenoxy) is 2. The van der Waals surface area contributed by atoms with E-state index in [9.17, 15) is 10.2 Å². The van der Waals surface area contributed by atoms with Crippen LogP contribution in [0.25, 0.3) is 10.8 Å². The third-order valence-electron chi connectivity index (χ3n) is 3.18. The average molecular weight is 290 g/mol. The fourth-order valence-electron chi connectivity index (χ4n) is 2.10. The Morgan fingerprint density at radius 1 is 0.952 bits per heavy atom. The fourth-order valence-corrected chi connectivity index (χ4v) is 2.10. The Bertz CT molecular complexity index is 600. The molecule has 0 aliphatic rings. The van der Waals surface area contributed by atoms with Crippen LogP contribution in [-0.4, -0.2) is 35.6 Å². The van der Waals surface area contributed by atoms with Gasteiger partial charge in [0.1, 0.15) is 24.7 Å². The molecular weight excluding hydrogens is 268 g/mol. The Balaban J connectivity index is 2.28. The summed E-state index contributed by atoms with van der Waals surface area (Å²) in [5.41, 5.74) is 1.01. The van der Waals surface area contributed by atoms with Crippen LogP contribution in [0.3, 0.4) is 0 Å². The summed E-state index contributed by atoms with van der Waals surface area (Å²) >= 11 is 0. The van der Waals surface area contributed by atoms with Crippen molar-refractivity contribution < 1.29 is 19.7 Å². The molecule has 0 aromatic heterocycles. The Morgan fingerprint density at radius 2 is 1.57 bits per heavy atom. The highest BCUT2D eigenvalue weighted by molar-refractivity contribution is 5.88. The van der Waals surface area contributed by atoms with Crippen LogP contribution in [-0.2, 0) is 0 Å². The van der Waals surface area contributed by atoms with Crippen molar-refractivity contribution in [3.63, 3.8) is 0 Å². The van der Waals surface area contributed by atoms with Gasteiger partial charge in [-0.25, -0.2) is 0 Å². The number of aliphatic hydroxyl groups is 2. The van der Waals surface area contributed by atoms with E-state index >= 15 is 0 Å². The first-order valence-corrected chi connectivity index (χ1v) is 7.12. The summed E-state index contributed by atoms with van der Waals surface area (Å²) in [6, 6.07) is 9.72. The molecule has 2 unspecified atom stereocenters. The minimum atomic E-state index is -0.499. The molecule has 0 aliphatic carbocycles. The molecule has 0 amide bonds. The SMILES string of the molecule is Cc1c(OCC(C)O)ccc2ccc(OCC(C)O)cc12. The maximum atomic E-state index is 9.32. The summed E-state index contributed by atoms with van der Waals surface area (Å²) in [5, 5.41) is 20.7. The van der Waals surface area contributed by atoms with E-state index in [0.29, 0.717) is 0 Å². The van der Waals surface area contributed by atoms with E-state index in [4.69, 9.17) is 9.47 Å².